The molecule has 0 heterocycles. The summed E-state index contributed by atoms with van der Waals surface area (Å²) in [5.41, 5.74) is 4.94. The van der Waals surface area contributed by atoms with Crippen molar-refractivity contribution in [2.24, 2.45) is 0 Å². The molecule has 0 spiro atoms. The van der Waals surface area contributed by atoms with E-state index in [1.165, 1.54) is 5.56 Å². The number of anilines is 1. The highest BCUT2D eigenvalue weighted by molar-refractivity contribution is 5.95. The largest absolute Gasteiger partial charge is 0.383 e. The summed E-state index contributed by atoms with van der Waals surface area (Å²) < 4.78 is 5.76. The van der Waals surface area contributed by atoms with Crippen molar-refractivity contribution in [2.45, 2.75) is 39.6 Å². The quantitative estimate of drug-likeness (QED) is 0.533. The van der Waals surface area contributed by atoms with Crippen LogP contribution in [0.3, 0.4) is 0 Å². The maximum Gasteiger partial charge on any atom is 0.251 e. The van der Waals surface area contributed by atoms with Crippen LogP contribution in [0.1, 0.15) is 40.9 Å². The second kappa shape index (κ2) is 10.4. The van der Waals surface area contributed by atoms with Crippen LogP contribution in [0.4, 0.5) is 5.69 Å². The molecule has 1 amide bonds. The predicted octanol–water partition coefficient (Wildman–Crippen LogP) is 5.15. The molecule has 3 aromatic carbocycles. The minimum atomic E-state index is -0.0762. The molecule has 0 bridgehead atoms. The Morgan fingerprint density at radius 3 is 2.17 bits per heavy atom. The molecule has 0 saturated carbocycles. The number of hydrogen-bond acceptors (Lipinski definition) is 3. The number of ether oxygens (including phenoxy) is 1. The summed E-state index contributed by atoms with van der Waals surface area (Å²) >= 11 is 0. The van der Waals surface area contributed by atoms with Gasteiger partial charge in [0, 0.05) is 23.8 Å². The number of hydrogen-bond donors (Lipinski definition) is 2. The Bertz CT molecular complexity index is 906. The third-order valence-electron chi connectivity index (χ3n) is 4.44. The molecule has 0 saturated heterocycles. The van der Waals surface area contributed by atoms with Gasteiger partial charge in [-0.15, -0.1) is 0 Å². The molecule has 0 fully saturated rings. The van der Waals surface area contributed by atoms with Gasteiger partial charge in [-0.05, 0) is 48.7 Å². The second-order valence-electron chi connectivity index (χ2n) is 7.36. The highest BCUT2D eigenvalue weighted by Crippen LogP contribution is 2.13. The Morgan fingerprint density at radius 1 is 0.828 bits per heavy atom. The van der Waals surface area contributed by atoms with Gasteiger partial charge in [-0.2, -0.15) is 0 Å². The first-order chi connectivity index (χ1) is 14.1. The average molecular weight is 389 g/mol. The lowest BCUT2D eigenvalue weighted by molar-refractivity contribution is 0.0951. The van der Waals surface area contributed by atoms with E-state index in [0.717, 1.165) is 16.8 Å². The molecule has 3 rings (SSSR count). The molecule has 0 unspecified atom stereocenters. The molecule has 0 atom stereocenters. The third-order valence-corrected chi connectivity index (χ3v) is 4.44. The fourth-order valence-corrected chi connectivity index (χ4v) is 2.98. The monoisotopic (exact) mass is 388 g/mol. The van der Waals surface area contributed by atoms with Gasteiger partial charge in [0.25, 0.3) is 5.91 Å². The third kappa shape index (κ3) is 6.77. The molecule has 2 N–H and O–H groups in total. The first-order valence-corrected chi connectivity index (χ1v) is 9.94. The Kier molecular flexibility index (Phi) is 7.42. The van der Waals surface area contributed by atoms with Crippen molar-refractivity contribution in [1.82, 2.24) is 5.32 Å². The van der Waals surface area contributed by atoms with Crippen LogP contribution in [0, 0.1) is 0 Å². The van der Waals surface area contributed by atoms with Crippen molar-refractivity contribution in [2.75, 3.05) is 5.32 Å². The summed E-state index contributed by atoms with van der Waals surface area (Å²) in [5.74, 6) is -0.0762. The Morgan fingerprint density at radius 2 is 1.48 bits per heavy atom. The minimum Gasteiger partial charge on any atom is -0.383 e. The van der Waals surface area contributed by atoms with Crippen LogP contribution in [-0.2, 0) is 24.5 Å². The van der Waals surface area contributed by atoms with Gasteiger partial charge in [0.1, 0.15) is 0 Å². The lowest BCUT2D eigenvalue weighted by atomic mass is 10.1. The second-order valence-corrected chi connectivity index (χ2v) is 7.36. The van der Waals surface area contributed by atoms with E-state index in [9.17, 15) is 4.79 Å². The van der Waals surface area contributed by atoms with Crippen molar-refractivity contribution >= 4 is 11.6 Å². The SMILES string of the molecule is CC(C)Nc1cccc(C(=O)NCc2ccc(COCc3ccccc3)cc2)c1. The Hall–Kier alpha value is -3.11. The first-order valence-electron chi connectivity index (χ1n) is 9.94. The van der Waals surface area contributed by atoms with Crippen LogP contribution in [0.5, 0.6) is 0 Å². The van der Waals surface area contributed by atoms with Gasteiger partial charge in [-0.1, -0.05) is 60.7 Å². The number of rotatable bonds is 9. The average Bonchev–Trinajstić information content (AvgIpc) is 2.73. The van der Waals surface area contributed by atoms with Gasteiger partial charge in [-0.25, -0.2) is 0 Å². The Balaban J connectivity index is 1.46. The van der Waals surface area contributed by atoms with Gasteiger partial charge in [0.15, 0.2) is 0 Å². The van der Waals surface area contributed by atoms with Crippen molar-refractivity contribution < 1.29 is 9.53 Å². The summed E-state index contributed by atoms with van der Waals surface area (Å²) in [4.78, 5) is 12.4. The maximum absolute atomic E-state index is 12.4. The van der Waals surface area contributed by atoms with Gasteiger partial charge >= 0.3 is 0 Å². The number of benzene rings is 3. The molecule has 0 radical (unpaired) electrons. The lowest BCUT2D eigenvalue weighted by Gasteiger charge is -2.11. The van der Waals surface area contributed by atoms with Crippen LogP contribution >= 0.6 is 0 Å². The smallest absolute Gasteiger partial charge is 0.251 e. The number of amides is 1. The van der Waals surface area contributed by atoms with E-state index in [-0.39, 0.29) is 5.91 Å². The van der Waals surface area contributed by atoms with E-state index in [1.54, 1.807) is 0 Å². The van der Waals surface area contributed by atoms with Crippen LogP contribution < -0.4 is 10.6 Å². The van der Waals surface area contributed by atoms with E-state index in [0.29, 0.717) is 31.4 Å². The fourth-order valence-electron chi connectivity index (χ4n) is 2.98. The predicted molar refractivity (Wildman–Crippen MR) is 118 cm³/mol. The van der Waals surface area contributed by atoms with Gasteiger partial charge < -0.3 is 15.4 Å². The fraction of sp³-hybridized carbons (Fsp3) is 0.240. The lowest BCUT2D eigenvalue weighted by Crippen LogP contribution is -2.23. The summed E-state index contributed by atoms with van der Waals surface area (Å²) in [5, 5.41) is 6.30. The number of nitrogens with one attached hydrogen (secondary N) is 2. The molecule has 150 valence electrons. The molecule has 4 heteroatoms. The molecule has 29 heavy (non-hydrogen) atoms. The number of carbonyl (C=O) groups excluding carboxylic acids is 1. The molecule has 0 aromatic heterocycles. The molecule has 0 aliphatic carbocycles. The van der Waals surface area contributed by atoms with Crippen molar-refractivity contribution in [3.63, 3.8) is 0 Å². The van der Waals surface area contributed by atoms with Crippen molar-refractivity contribution in [3.8, 4) is 0 Å². The van der Waals surface area contributed by atoms with E-state index >= 15 is 0 Å². The van der Waals surface area contributed by atoms with Crippen LogP contribution in [0.25, 0.3) is 0 Å². The normalized spacial score (nSPS) is 10.7. The molecule has 3 aromatic rings. The van der Waals surface area contributed by atoms with Crippen molar-refractivity contribution in [1.29, 1.82) is 0 Å². The van der Waals surface area contributed by atoms with E-state index in [4.69, 9.17) is 4.74 Å². The molecule has 0 aliphatic rings. The highest BCUT2D eigenvalue weighted by Gasteiger charge is 2.07. The standard InChI is InChI=1S/C25H28N2O2/c1-19(2)27-24-10-6-9-23(15-24)25(28)26-16-20-11-13-22(14-12-20)18-29-17-21-7-4-3-5-8-21/h3-15,19,27H,16-18H2,1-2H3,(H,26,28). The summed E-state index contributed by atoms with van der Waals surface area (Å²) in [7, 11) is 0. The summed E-state index contributed by atoms with van der Waals surface area (Å²) in [6, 6.07) is 26.2. The zero-order chi connectivity index (χ0) is 20.5. The maximum atomic E-state index is 12.4. The Labute approximate surface area is 172 Å². The van der Waals surface area contributed by atoms with E-state index < -0.39 is 0 Å². The van der Waals surface area contributed by atoms with Crippen LogP contribution in [-0.4, -0.2) is 11.9 Å². The zero-order valence-electron chi connectivity index (χ0n) is 17.0. The minimum absolute atomic E-state index is 0.0762. The summed E-state index contributed by atoms with van der Waals surface area (Å²) in [6.45, 7) is 5.80. The van der Waals surface area contributed by atoms with Gasteiger partial charge in [-0.3, -0.25) is 4.79 Å². The summed E-state index contributed by atoms with van der Waals surface area (Å²) in [6.07, 6.45) is 0. The first kappa shape index (κ1) is 20.6. The highest BCUT2D eigenvalue weighted by atomic mass is 16.5. The molecular weight excluding hydrogens is 360 g/mol. The van der Waals surface area contributed by atoms with Gasteiger partial charge in [0.2, 0.25) is 0 Å². The molecular formula is C25H28N2O2. The molecule has 0 aliphatic heterocycles. The zero-order valence-corrected chi connectivity index (χ0v) is 17.0. The topological polar surface area (TPSA) is 50.4 Å². The molecule has 4 nitrogen and oxygen atoms in total. The number of carbonyl (C=O) groups is 1. The van der Waals surface area contributed by atoms with Crippen LogP contribution in [0.2, 0.25) is 0 Å². The van der Waals surface area contributed by atoms with Crippen molar-refractivity contribution in [3.05, 3.63) is 101 Å². The van der Waals surface area contributed by atoms with Crippen LogP contribution in [0.15, 0.2) is 78.9 Å². The van der Waals surface area contributed by atoms with Gasteiger partial charge in [0.05, 0.1) is 13.2 Å². The van der Waals surface area contributed by atoms with E-state index in [2.05, 4.69) is 36.6 Å². The van der Waals surface area contributed by atoms with E-state index in [1.807, 2.05) is 66.7 Å².